The van der Waals surface area contributed by atoms with E-state index in [1.54, 1.807) is 12.4 Å². The number of sulfonamides is 1. The zero-order valence-electron chi connectivity index (χ0n) is 15.5. The van der Waals surface area contributed by atoms with E-state index in [0.717, 1.165) is 23.6 Å². The zero-order chi connectivity index (χ0) is 20.9. The van der Waals surface area contributed by atoms with E-state index < -0.39 is 16.0 Å². The highest BCUT2D eigenvalue weighted by atomic mass is 32.2. The maximum atomic E-state index is 12.2. The third kappa shape index (κ3) is 5.66. The van der Waals surface area contributed by atoms with Crippen molar-refractivity contribution in [1.82, 2.24) is 4.98 Å². The third-order valence-corrected chi connectivity index (χ3v) is 6.40. The summed E-state index contributed by atoms with van der Waals surface area (Å²) < 4.78 is 24.5. The van der Waals surface area contributed by atoms with Crippen LogP contribution in [0.5, 0.6) is 0 Å². The lowest BCUT2D eigenvalue weighted by atomic mass is 10.0. The molecule has 3 aromatic rings. The maximum Gasteiger partial charge on any atom is 0.335 e. The van der Waals surface area contributed by atoms with Gasteiger partial charge < -0.3 is 5.11 Å². The Morgan fingerprint density at radius 3 is 2.34 bits per heavy atom. The minimum Gasteiger partial charge on any atom is -0.478 e. The number of nitrogens with two attached hydrogens (primary N) is 1. The van der Waals surface area contributed by atoms with Crippen LogP contribution in [0.15, 0.2) is 76.8 Å². The second-order valence-corrected chi connectivity index (χ2v) is 9.08. The molecular weight excluding hydrogens is 408 g/mol. The van der Waals surface area contributed by atoms with E-state index in [-0.39, 0.29) is 10.5 Å². The van der Waals surface area contributed by atoms with Gasteiger partial charge in [-0.2, -0.15) is 0 Å². The number of aromatic nitrogens is 1. The lowest BCUT2D eigenvalue weighted by molar-refractivity contribution is 0.0696. The summed E-state index contributed by atoms with van der Waals surface area (Å²) >= 11 is 1.42. The van der Waals surface area contributed by atoms with Gasteiger partial charge in [0, 0.05) is 23.0 Å². The monoisotopic (exact) mass is 428 g/mol. The molecule has 29 heavy (non-hydrogen) atoms. The Labute approximate surface area is 173 Å². The molecule has 0 radical (unpaired) electrons. The van der Waals surface area contributed by atoms with Gasteiger partial charge in [-0.3, -0.25) is 4.98 Å². The summed E-state index contributed by atoms with van der Waals surface area (Å²) in [5, 5.41) is 14.9. The fourth-order valence-corrected chi connectivity index (χ4v) is 4.93. The van der Waals surface area contributed by atoms with Crippen LogP contribution < -0.4 is 5.14 Å². The minimum absolute atomic E-state index is 0.0998. The molecule has 0 saturated heterocycles. The average molecular weight is 429 g/mol. The molecule has 0 unspecified atom stereocenters. The molecule has 3 rings (SSSR count). The molecule has 0 atom stereocenters. The van der Waals surface area contributed by atoms with E-state index in [1.165, 1.54) is 17.8 Å². The molecule has 0 aliphatic heterocycles. The Hall–Kier alpha value is -2.68. The number of carboxylic acids is 1. The van der Waals surface area contributed by atoms with Crippen molar-refractivity contribution in [3.63, 3.8) is 0 Å². The molecule has 0 amide bonds. The van der Waals surface area contributed by atoms with E-state index in [9.17, 15) is 18.3 Å². The molecular formula is C21H20N2O4S2. The molecule has 0 aliphatic carbocycles. The van der Waals surface area contributed by atoms with E-state index in [0.29, 0.717) is 22.6 Å². The van der Waals surface area contributed by atoms with E-state index in [4.69, 9.17) is 5.14 Å². The first kappa shape index (κ1) is 21.0. The number of carbonyl (C=O) groups is 1. The van der Waals surface area contributed by atoms with Crippen molar-refractivity contribution >= 4 is 27.8 Å². The van der Waals surface area contributed by atoms with Gasteiger partial charge in [-0.15, -0.1) is 11.8 Å². The number of benzene rings is 2. The lowest BCUT2D eigenvalue weighted by Gasteiger charge is -2.15. The molecule has 3 N–H and O–H groups in total. The van der Waals surface area contributed by atoms with Crippen molar-refractivity contribution in [3.05, 3.63) is 89.2 Å². The van der Waals surface area contributed by atoms with Crippen LogP contribution in [0.4, 0.5) is 0 Å². The van der Waals surface area contributed by atoms with Crippen molar-refractivity contribution in [2.75, 3.05) is 5.75 Å². The predicted octanol–water partition coefficient (Wildman–Crippen LogP) is 3.35. The highest BCUT2D eigenvalue weighted by Crippen LogP contribution is 2.32. The number of hydrogen-bond acceptors (Lipinski definition) is 5. The topological polar surface area (TPSA) is 110 Å². The SMILES string of the molecule is NS(=O)(=O)c1cc(C(=O)O)cc(SCCc2ccncc2)c1Cc1ccccc1. The van der Waals surface area contributed by atoms with Crippen molar-refractivity contribution < 1.29 is 18.3 Å². The fraction of sp³-hybridized carbons (Fsp3) is 0.143. The van der Waals surface area contributed by atoms with Gasteiger partial charge in [-0.1, -0.05) is 30.3 Å². The van der Waals surface area contributed by atoms with Crippen LogP contribution >= 0.6 is 11.8 Å². The molecule has 1 heterocycles. The number of aryl methyl sites for hydroxylation is 1. The van der Waals surface area contributed by atoms with Crippen LogP contribution in [-0.2, 0) is 22.9 Å². The summed E-state index contributed by atoms with van der Waals surface area (Å²) in [4.78, 5) is 16.0. The first-order chi connectivity index (χ1) is 13.8. The van der Waals surface area contributed by atoms with Crippen LogP contribution in [0.1, 0.15) is 27.0 Å². The van der Waals surface area contributed by atoms with Gasteiger partial charge in [0.25, 0.3) is 0 Å². The number of primary sulfonamides is 1. The molecule has 1 aromatic heterocycles. The Balaban J connectivity index is 2.00. The molecule has 6 nitrogen and oxygen atoms in total. The molecule has 150 valence electrons. The first-order valence-corrected chi connectivity index (χ1v) is 11.4. The Morgan fingerprint density at radius 1 is 1.03 bits per heavy atom. The van der Waals surface area contributed by atoms with Crippen LogP contribution in [0, 0.1) is 0 Å². The number of aromatic carboxylic acids is 1. The number of hydrogen-bond donors (Lipinski definition) is 2. The van der Waals surface area contributed by atoms with Crippen LogP contribution in [-0.4, -0.2) is 30.2 Å². The maximum absolute atomic E-state index is 12.2. The summed E-state index contributed by atoms with van der Waals surface area (Å²) in [7, 11) is -4.09. The van der Waals surface area contributed by atoms with Gasteiger partial charge in [-0.05, 0) is 53.8 Å². The van der Waals surface area contributed by atoms with Crippen LogP contribution in [0.2, 0.25) is 0 Å². The highest BCUT2D eigenvalue weighted by molar-refractivity contribution is 7.99. The van der Waals surface area contributed by atoms with Gasteiger partial charge in [0.05, 0.1) is 10.5 Å². The zero-order valence-corrected chi connectivity index (χ0v) is 17.1. The van der Waals surface area contributed by atoms with Gasteiger partial charge in [0.15, 0.2) is 0 Å². The van der Waals surface area contributed by atoms with Crippen molar-refractivity contribution in [1.29, 1.82) is 0 Å². The number of pyridine rings is 1. The highest BCUT2D eigenvalue weighted by Gasteiger charge is 2.21. The summed E-state index contributed by atoms with van der Waals surface area (Å²) in [5.41, 5.74) is 2.43. The summed E-state index contributed by atoms with van der Waals surface area (Å²) in [6.45, 7) is 0. The molecule has 0 saturated carbocycles. The van der Waals surface area contributed by atoms with Crippen molar-refractivity contribution in [2.45, 2.75) is 22.6 Å². The summed E-state index contributed by atoms with van der Waals surface area (Å²) in [5.74, 6) is -0.545. The molecule has 2 aromatic carbocycles. The quantitative estimate of drug-likeness (QED) is 0.532. The molecule has 8 heteroatoms. The number of rotatable bonds is 8. The van der Waals surface area contributed by atoms with Gasteiger partial charge >= 0.3 is 5.97 Å². The first-order valence-electron chi connectivity index (χ1n) is 8.83. The van der Waals surface area contributed by atoms with Crippen molar-refractivity contribution in [2.24, 2.45) is 5.14 Å². The molecule has 0 aliphatic rings. The number of thioether (sulfide) groups is 1. The fourth-order valence-electron chi connectivity index (χ4n) is 2.93. The Morgan fingerprint density at radius 2 is 1.72 bits per heavy atom. The summed E-state index contributed by atoms with van der Waals surface area (Å²) in [6, 6.07) is 15.9. The number of nitrogens with zero attached hydrogens (tertiary/aromatic N) is 1. The largest absolute Gasteiger partial charge is 0.478 e. The second-order valence-electron chi connectivity index (χ2n) is 6.42. The van der Waals surface area contributed by atoms with E-state index >= 15 is 0 Å². The third-order valence-electron chi connectivity index (χ3n) is 4.34. The Kier molecular flexibility index (Phi) is 6.68. The summed E-state index contributed by atoms with van der Waals surface area (Å²) in [6.07, 6.45) is 4.50. The average Bonchev–Trinajstić information content (AvgIpc) is 2.69. The molecule has 0 fully saturated rings. The normalized spacial score (nSPS) is 11.3. The van der Waals surface area contributed by atoms with Crippen LogP contribution in [0.3, 0.4) is 0 Å². The van der Waals surface area contributed by atoms with E-state index in [2.05, 4.69) is 4.98 Å². The predicted molar refractivity (Wildman–Crippen MR) is 113 cm³/mol. The molecule has 0 spiro atoms. The van der Waals surface area contributed by atoms with Gasteiger partial charge in [0.2, 0.25) is 10.0 Å². The van der Waals surface area contributed by atoms with Gasteiger partial charge in [-0.25, -0.2) is 18.4 Å². The minimum atomic E-state index is -4.09. The molecule has 0 bridgehead atoms. The standard InChI is InChI=1S/C21H20N2O4S2/c22-29(26,27)20-14-17(21(24)25)13-19(18(20)12-16-4-2-1-3-5-16)28-11-8-15-6-9-23-10-7-15/h1-7,9-10,13-14H,8,11-12H2,(H,24,25)(H2,22,26,27). The van der Waals surface area contributed by atoms with Crippen LogP contribution in [0.25, 0.3) is 0 Å². The number of carboxylic acid groups (broad SMARTS) is 1. The second kappa shape index (κ2) is 9.21. The lowest BCUT2D eigenvalue weighted by Crippen LogP contribution is -2.17. The van der Waals surface area contributed by atoms with Crippen molar-refractivity contribution in [3.8, 4) is 0 Å². The van der Waals surface area contributed by atoms with E-state index in [1.807, 2.05) is 42.5 Å². The van der Waals surface area contributed by atoms with Gasteiger partial charge in [0.1, 0.15) is 0 Å². The smallest absolute Gasteiger partial charge is 0.335 e. The Bertz CT molecular complexity index is 1100.